The fraction of sp³-hybridized carbons (Fsp3) is 0.176. The van der Waals surface area contributed by atoms with Crippen molar-refractivity contribution < 1.29 is 8.81 Å². The SMILES string of the molecule is Fc1ccc2c(c1)CC(Nc1cccc3ccoc13)C2. The Hall–Kier alpha value is -2.29. The molecule has 3 heteroatoms. The topological polar surface area (TPSA) is 25.2 Å². The number of hydrogen-bond acceptors (Lipinski definition) is 2. The number of halogens is 1. The van der Waals surface area contributed by atoms with Crippen molar-refractivity contribution in [2.24, 2.45) is 0 Å². The minimum atomic E-state index is -0.155. The van der Waals surface area contributed by atoms with E-state index in [9.17, 15) is 4.39 Å². The summed E-state index contributed by atoms with van der Waals surface area (Å²) < 4.78 is 18.8. The van der Waals surface area contributed by atoms with Gasteiger partial charge in [0.1, 0.15) is 5.82 Å². The van der Waals surface area contributed by atoms with E-state index < -0.39 is 0 Å². The average Bonchev–Trinajstić information content (AvgIpc) is 3.04. The molecule has 0 bridgehead atoms. The highest BCUT2D eigenvalue weighted by atomic mass is 19.1. The number of hydrogen-bond donors (Lipinski definition) is 1. The Labute approximate surface area is 116 Å². The van der Waals surface area contributed by atoms with Crippen molar-refractivity contribution in [2.75, 3.05) is 5.32 Å². The number of anilines is 1. The number of fused-ring (bicyclic) bond motifs is 2. The van der Waals surface area contributed by atoms with Gasteiger partial charge >= 0.3 is 0 Å². The largest absolute Gasteiger partial charge is 0.462 e. The third-order valence-corrected chi connectivity index (χ3v) is 3.94. The molecule has 0 aliphatic heterocycles. The quantitative estimate of drug-likeness (QED) is 0.754. The van der Waals surface area contributed by atoms with Gasteiger partial charge in [-0.25, -0.2) is 4.39 Å². The van der Waals surface area contributed by atoms with E-state index in [2.05, 4.69) is 5.32 Å². The van der Waals surface area contributed by atoms with E-state index in [1.165, 1.54) is 11.6 Å². The molecule has 4 rings (SSSR count). The molecule has 1 aliphatic rings. The monoisotopic (exact) mass is 267 g/mol. The second-order valence-corrected chi connectivity index (χ2v) is 5.31. The minimum Gasteiger partial charge on any atom is -0.462 e. The van der Waals surface area contributed by atoms with Crippen molar-refractivity contribution in [1.29, 1.82) is 0 Å². The zero-order valence-corrected chi connectivity index (χ0v) is 10.9. The molecule has 2 nitrogen and oxygen atoms in total. The first-order valence-electron chi connectivity index (χ1n) is 6.80. The van der Waals surface area contributed by atoms with E-state index >= 15 is 0 Å². The molecule has 1 atom stereocenters. The normalized spacial score (nSPS) is 17.4. The number of furan rings is 1. The summed E-state index contributed by atoms with van der Waals surface area (Å²) in [7, 11) is 0. The first-order chi connectivity index (χ1) is 9.79. The molecule has 1 N–H and O–H groups in total. The first-order valence-corrected chi connectivity index (χ1v) is 6.80. The van der Waals surface area contributed by atoms with Gasteiger partial charge in [0.15, 0.2) is 5.58 Å². The Morgan fingerprint density at radius 3 is 2.90 bits per heavy atom. The second kappa shape index (κ2) is 4.37. The molecule has 0 spiro atoms. The van der Waals surface area contributed by atoms with Crippen LogP contribution < -0.4 is 5.32 Å². The summed E-state index contributed by atoms with van der Waals surface area (Å²) in [5.74, 6) is -0.155. The molecule has 3 aromatic rings. The summed E-state index contributed by atoms with van der Waals surface area (Å²) in [6.07, 6.45) is 3.48. The van der Waals surface area contributed by atoms with E-state index in [0.29, 0.717) is 6.04 Å². The van der Waals surface area contributed by atoms with Gasteiger partial charge in [-0.1, -0.05) is 18.2 Å². The zero-order chi connectivity index (χ0) is 13.5. The Morgan fingerprint density at radius 2 is 1.95 bits per heavy atom. The molecule has 1 aromatic heterocycles. The number of para-hydroxylation sites is 1. The van der Waals surface area contributed by atoms with Crippen LogP contribution in [0.1, 0.15) is 11.1 Å². The summed E-state index contributed by atoms with van der Waals surface area (Å²) >= 11 is 0. The smallest absolute Gasteiger partial charge is 0.156 e. The van der Waals surface area contributed by atoms with Crippen molar-refractivity contribution >= 4 is 16.7 Å². The zero-order valence-electron chi connectivity index (χ0n) is 10.9. The van der Waals surface area contributed by atoms with E-state index in [1.807, 2.05) is 30.3 Å². The third-order valence-electron chi connectivity index (χ3n) is 3.94. The molecule has 1 unspecified atom stereocenters. The van der Waals surface area contributed by atoms with Crippen LogP contribution in [0.3, 0.4) is 0 Å². The molecule has 100 valence electrons. The highest BCUT2D eigenvalue weighted by molar-refractivity contribution is 5.89. The highest BCUT2D eigenvalue weighted by Gasteiger charge is 2.22. The summed E-state index contributed by atoms with van der Waals surface area (Å²) in [6, 6.07) is 13.4. The van der Waals surface area contributed by atoms with Crippen molar-refractivity contribution in [3.05, 3.63) is 65.7 Å². The molecule has 20 heavy (non-hydrogen) atoms. The van der Waals surface area contributed by atoms with Gasteiger partial charge in [-0.15, -0.1) is 0 Å². The van der Waals surface area contributed by atoms with E-state index in [4.69, 9.17) is 4.42 Å². The van der Waals surface area contributed by atoms with Gasteiger partial charge in [-0.05, 0) is 48.2 Å². The van der Waals surface area contributed by atoms with Crippen LogP contribution in [0.5, 0.6) is 0 Å². The fourth-order valence-electron chi connectivity index (χ4n) is 3.02. The number of benzene rings is 2. The van der Waals surface area contributed by atoms with Gasteiger partial charge in [0.25, 0.3) is 0 Å². The van der Waals surface area contributed by atoms with Gasteiger partial charge in [-0.3, -0.25) is 0 Å². The Kier molecular flexibility index (Phi) is 2.52. The lowest BCUT2D eigenvalue weighted by Gasteiger charge is -2.13. The molecule has 1 aliphatic carbocycles. The lowest BCUT2D eigenvalue weighted by atomic mass is 10.1. The predicted molar refractivity (Wildman–Crippen MR) is 77.4 cm³/mol. The maximum Gasteiger partial charge on any atom is 0.156 e. The summed E-state index contributed by atoms with van der Waals surface area (Å²) in [5, 5.41) is 4.61. The highest BCUT2D eigenvalue weighted by Crippen LogP contribution is 2.29. The lowest BCUT2D eigenvalue weighted by molar-refractivity contribution is 0.615. The van der Waals surface area contributed by atoms with Gasteiger partial charge < -0.3 is 9.73 Å². The van der Waals surface area contributed by atoms with Crippen molar-refractivity contribution in [2.45, 2.75) is 18.9 Å². The molecule has 0 saturated carbocycles. The summed E-state index contributed by atoms with van der Waals surface area (Å²) in [5.41, 5.74) is 4.23. The van der Waals surface area contributed by atoms with Crippen LogP contribution >= 0.6 is 0 Å². The van der Waals surface area contributed by atoms with Crippen molar-refractivity contribution in [1.82, 2.24) is 0 Å². The maximum atomic E-state index is 13.2. The Morgan fingerprint density at radius 1 is 1.05 bits per heavy atom. The van der Waals surface area contributed by atoms with E-state index in [0.717, 1.165) is 35.1 Å². The fourth-order valence-corrected chi connectivity index (χ4v) is 3.02. The second-order valence-electron chi connectivity index (χ2n) is 5.31. The molecule has 1 heterocycles. The van der Waals surface area contributed by atoms with Crippen molar-refractivity contribution in [3.63, 3.8) is 0 Å². The van der Waals surface area contributed by atoms with Gasteiger partial charge in [-0.2, -0.15) is 0 Å². The van der Waals surface area contributed by atoms with Gasteiger partial charge in [0.05, 0.1) is 12.0 Å². The summed E-state index contributed by atoms with van der Waals surface area (Å²) in [6.45, 7) is 0. The van der Waals surface area contributed by atoms with Crippen LogP contribution in [0, 0.1) is 5.82 Å². The Balaban J connectivity index is 1.61. The molecule has 0 fully saturated rings. The van der Waals surface area contributed by atoms with Crippen LogP contribution in [-0.2, 0) is 12.8 Å². The third kappa shape index (κ3) is 1.86. The van der Waals surface area contributed by atoms with Crippen LogP contribution in [0.15, 0.2) is 53.1 Å². The maximum absolute atomic E-state index is 13.2. The Bertz CT molecular complexity index is 778. The predicted octanol–water partition coefficient (Wildman–Crippen LogP) is 4.15. The van der Waals surface area contributed by atoms with Crippen LogP contribution in [0.4, 0.5) is 10.1 Å². The molecular weight excluding hydrogens is 253 g/mol. The standard InChI is InChI=1S/C17H14FNO/c18-14-5-4-12-9-15(10-13(12)8-14)19-16-3-1-2-11-6-7-20-17(11)16/h1-8,15,19H,9-10H2. The number of nitrogens with one attached hydrogen (secondary N) is 1. The van der Waals surface area contributed by atoms with E-state index in [-0.39, 0.29) is 5.82 Å². The lowest BCUT2D eigenvalue weighted by Crippen LogP contribution is -2.19. The molecule has 0 amide bonds. The van der Waals surface area contributed by atoms with E-state index in [1.54, 1.807) is 12.3 Å². The van der Waals surface area contributed by atoms with Crippen LogP contribution in [-0.4, -0.2) is 6.04 Å². The molecule has 2 aromatic carbocycles. The van der Waals surface area contributed by atoms with Gasteiger partial charge in [0.2, 0.25) is 0 Å². The van der Waals surface area contributed by atoms with Crippen LogP contribution in [0.2, 0.25) is 0 Å². The molecule has 0 saturated heterocycles. The van der Waals surface area contributed by atoms with Crippen molar-refractivity contribution in [3.8, 4) is 0 Å². The molecular formula is C17H14FNO. The average molecular weight is 267 g/mol. The number of rotatable bonds is 2. The van der Waals surface area contributed by atoms with Crippen LogP contribution in [0.25, 0.3) is 11.0 Å². The first kappa shape index (κ1) is 11.5. The minimum absolute atomic E-state index is 0.155. The molecule has 0 radical (unpaired) electrons. The summed E-state index contributed by atoms with van der Waals surface area (Å²) in [4.78, 5) is 0. The van der Waals surface area contributed by atoms with Gasteiger partial charge in [0, 0.05) is 11.4 Å².